The van der Waals surface area contributed by atoms with Crippen LogP contribution in [-0.4, -0.2) is 11.8 Å². The molecule has 2 bridgehead atoms. The number of rotatable bonds is 3. The number of hydrogen-bond donors (Lipinski definition) is 0. The summed E-state index contributed by atoms with van der Waals surface area (Å²) in [5.41, 5.74) is 2.94. The summed E-state index contributed by atoms with van der Waals surface area (Å²) in [6, 6.07) is 13.3. The molecule has 138 valence electrons. The molecular formula is C23H23NO3. The number of carbonyl (C=O) groups is 2. The van der Waals surface area contributed by atoms with Gasteiger partial charge in [-0.05, 0) is 86.4 Å². The maximum atomic E-state index is 12.9. The summed E-state index contributed by atoms with van der Waals surface area (Å²) in [6.45, 7) is 4.09. The number of carbonyl (C=O) groups excluding carboxylic acids is 2. The molecule has 2 aromatic carbocycles. The Bertz CT molecular complexity index is 905. The lowest BCUT2D eigenvalue weighted by Crippen LogP contribution is -2.32. The second-order valence-corrected chi connectivity index (χ2v) is 8.19. The first-order chi connectivity index (χ1) is 13.0. The molecule has 0 radical (unpaired) electrons. The summed E-state index contributed by atoms with van der Waals surface area (Å²) in [5, 5.41) is 0. The molecule has 2 aromatic rings. The Balaban J connectivity index is 1.39. The quantitative estimate of drug-likeness (QED) is 0.749. The topological polar surface area (TPSA) is 46.6 Å². The summed E-state index contributed by atoms with van der Waals surface area (Å²) >= 11 is 0. The number of nitrogens with zero attached hydrogens (tertiary/aromatic N) is 1. The van der Waals surface area contributed by atoms with Gasteiger partial charge in [0.2, 0.25) is 11.8 Å². The SMILES string of the molecule is Cc1cccc(Oc2ccc(N3C(=O)[C@@H]4[C@H]5CC[C@@H](C5)[C@H]4C3=O)cc2)c1C. The number of imide groups is 1. The number of benzene rings is 2. The van der Waals surface area contributed by atoms with Crippen LogP contribution in [0.1, 0.15) is 30.4 Å². The zero-order chi connectivity index (χ0) is 18.7. The number of ether oxygens (including phenoxy) is 1. The van der Waals surface area contributed by atoms with Crippen molar-refractivity contribution >= 4 is 17.5 Å². The zero-order valence-electron chi connectivity index (χ0n) is 15.6. The van der Waals surface area contributed by atoms with Crippen molar-refractivity contribution in [3.63, 3.8) is 0 Å². The van der Waals surface area contributed by atoms with E-state index in [0.29, 0.717) is 23.3 Å². The first-order valence-electron chi connectivity index (χ1n) is 9.76. The minimum absolute atomic E-state index is 0.000368. The highest BCUT2D eigenvalue weighted by Crippen LogP contribution is 2.56. The van der Waals surface area contributed by atoms with E-state index in [9.17, 15) is 9.59 Å². The van der Waals surface area contributed by atoms with E-state index in [-0.39, 0.29) is 23.7 Å². The van der Waals surface area contributed by atoms with Gasteiger partial charge in [0.15, 0.2) is 0 Å². The first kappa shape index (κ1) is 16.5. The largest absolute Gasteiger partial charge is 0.457 e. The fraction of sp³-hybridized carbons (Fsp3) is 0.391. The van der Waals surface area contributed by atoms with Crippen molar-refractivity contribution in [3.8, 4) is 11.5 Å². The molecule has 0 aromatic heterocycles. The van der Waals surface area contributed by atoms with Crippen LogP contribution < -0.4 is 9.64 Å². The molecular weight excluding hydrogens is 338 g/mol. The zero-order valence-corrected chi connectivity index (χ0v) is 15.6. The lowest BCUT2D eigenvalue weighted by molar-refractivity contribution is -0.123. The number of aryl methyl sites for hydroxylation is 1. The number of amides is 2. The summed E-state index contributed by atoms with van der Waals surface area (Å²) in [5.74, 6) is 2.18. The van der Waals surface area contributed by atoms with Gasteiger partial charge >= 0.3 is 0 Å². The van der Waals surface area contributed by atoms with Crippen LogP contribution in [-0.2, 0) is 9.59 Å². The second-order valence-electron chi connectivity index (χ2n) is 8.19. The third-order valence-corrected chi connectivity index (χ3v) is 6.81. The normalized spacial score (nSPS) is 28.7. The van der Waals surface area contributed by atoms with Crippen LogP contribution in [0.2, 0.25) is 0 Å². The smallest absolute Gasteiger partial charge is 0.237 e. The second kappa shape index (κ2) is 5.95. The van der Waals surface area contributed by atoms with Crippen LogP contribution in [0.5, 0.6) is 11.5 Å². The van der Waals surface area contributed by atoms with Gasteiger partial charge in [-0.25, -0.2) is 0 Å². The van der Waals surface area contributed by atoms with Crippen molar-refractivity contribution in [2.24, 2.45) is 23.7 Å². The predicted octanol–water partition coefficient (Wildman–Crippen LogP) is 4.63. The third-order valence-electron chi connectivity index (χ3n) is 6.81. The van der Waals surface area contributed by atoms with Crippen molar-refractivity contribution in [1.29, 1.82) is 0 Å². The molecule has 2 aliphatic carbocycles. The average molecular weight is 361 g/mol. The van der Waals surface area contributed by atoms with Gasteiger partial charge in [0.1, 0.15) is 11.5 Å². The van der Waals surface area contributed by atoms with E-state index >= 15 is 0 Å². The Morgan fingerprint density at radius 2 is 1.52 bits per heavy atom. The van der Waals surface area contributed by atoms with Crippen LogP contribution in [0, 0.1) is 37.5 Å². The van der Waals surface area contributed by atoms with E-state index < -0.39 is 0 Å². The van der Waals surface area contributed by atoms with E-state index in [2.05, 4.69) is 13.0 Å². The Morgan fingerprint density at radius 1 is 0.889 bits per heavy atom. The van der Waals surface area contributed by atoms with E-state index in [0.717, 1.165) is 30.6 Å². The van der Waals surface area contributed by atoms with Crippen molar-refractivity contribution < 1.29 is 14.3 Å². The van der Waals surface area contributed by atoms with Gasteiger partial charge in [-0.3, -0.25) is 14.5 Å². The molecule has 2 amide bonds. The van der Waals surface area contributed by atoms with Gasteiger partial charge < -0.3 is 4.74 Å². The van der Waals surface area contributed by atoms with Gasteiger partial charge in [-0.15, -0.1) is 0 Å². The highest BCUT2D eigenvalue weighted by Gasteiger charge is 2.61. The summed E-state index contributed by atoms with van der Waals surface area (Å²) < 4.78 is 5.99. The molecule has 3 fully saturated rings. The molecule has 2 saturated carbocycles. The van der Waals surface area contributed by atoms with E-state index in [4.69, 9.17) is 4.74 Å². The summed E-state index contributed by atoms with van der Waals surface area (Å²) in [7, 11) is 0. The lowest BCUT2D eigenvalue weighted by atomic mass is 9.81. The van der Waals surface area contributed by atoms with Crippen molar-refractivity contribution in [3.05, 3.63) is 53.6 Å². The number of anilines is 1. The molecule has 0 spiro atoms. The molecule has 5 rings (SSSR count). The summed E-state index contributed by atoms with van der Waals surface area (Å²) in [6.07, 6.45) is 3.26. The Labute approximate surface area is 159 Å². The molecule has 4 atom stereocenters. The highest BCUT2D eigenvalue weighted by molar-refractivity contribution is 6.22. The van der Waals surface area contributed by atoms with E-state index in [1.807, 2.05) is 43.3 Å². The van der Waals surface area contributed by atoms with Gasteiger partial charge in [-0.2, -0.15) is 0 Å². The van der Waals surface area contributed by atoms with Crippen LogP contribution in [0.3, 0.4) is 0 Å². The Kier molecular flexibility index (Phi) is 3.64. The maximum Gasteiger partial charge on any atom is 0.237 e. The fourth-order valence-corrected chi connectivity index (χ4v) is 5.29. The number of fused-ring (bicyclic) bond motifs is 5. The standard InChI is InChI=1S/C23H23NO3/c1-13-4-3-5-19(14(13)2)27-18-10-8-17(9-11-18)24-22(25)20-15-6-7-16(12-15)21(20)23(24)26/h3-5,8-11,15-16,20-21H,6-7,12H2,1-2H3/t15-,16-,20+,21+/m0/s1. The molecule has 0 unspecified atom stereocenters. The fourth-order valence-electron chi connectivity index (χ4n) is 5.29. The molecule has 3 aliphatic rings. The average Bonchev–Trinajstić information content (AvgIpc) is 3.34. The molecule has 27 heavy (non-hydrogen) atoms. The van der Waals surface area contributed by atoms with Crippen LogP contribution in [0.25, 0.3) is 0 Å². The van der Waals surface area contributed by atoms with Crippen LogP contribution >= 0.6 is 0 Å². The minimum atomic E-state index is -0.0814. The molecule has 1 aliphatic heterocycles. The highest BCUT2D eigenvalue weighted by atomic mass is 16.5. The van der Waals surface area contributed by atoms with Crippen molar-refractivity contribution in [2.75, 3.05) is 4.90 Å². The molecule has 0 N–H and O–H groups in total. The third kappa shape index (κ3) is 2.43. The molecule has 1 saturated heterocycles. The first-order valence-corrected chi connectivity index (χ1v) is 9.76. The van der Waals surface area contributed by atoms with Crippen LogP contribution in [0.15, 0.2) is 42.5 Å². The monoisotopic (exact) mass is 361 g/mol. The molecule has 4 nitrogen and oxygen atoms in total. The predicted molar refractivity (Wildman–Crippen MR) is 103 cm³/mol. The van der Waals surface area contributed by atoms with Crippen molar-refractivity contribution in [1.82, 2.24) is 0 Å². The van der Waals surface area contributed by atoms with E-state index in [1.165, 1.54) is 10.5 Å². The van der Waals surface area contributed by atoms with Gasteiger partial charge in [0.05, 0.1) is 17.5 Å². The Morgan fingerprint density at radius 3 is 2.15 bits per heavy atom. The lowest BCUT2D eigenvalue weighted by Gasteiger charge is -2.19. The molecule has 4 heteroatoms. The Hall–Kier alpha value is -2.62. The summed E-state index contributed by atoms with van der Waals surface area (Å²) in [4.78, 5) is 27.3. The van der Waals surface area contributed by atoms with Gasteiger partial charge in [0, 0.05) is 0 Å². The number of hydrogen-bond acceptors (Lipinski definition) is 3. The maximum absolute atomic E-state index is 12.9. The van der Waals surface area contributed by atoms with Gasteiger partial charge in [-0.1, -0.05) is 12.1 Å². The van der Waals surface area contributed by atoms with Gasteiger partial charge in [0.25, 0.3) is 0 Å². The minimum Gasteiger partial charge on any atom is -0.457 e. The van der Waals surface area contributed by atoms with Crippen LogP contribution in [0.4, 0.5) is 5.69 Å². The van der Waals surface area contributed by atoms with Crippen molar-refractivity contribution in [2.45, 2.75) is 33.1 Å². The molecule has 1 heterocycles. The van der Waals surface area contributed by atoms with E-state index in [1.54, 1.807) is 0 Å².